The zero-order valence-corrected chi connectivity index (χ0v) is 35.1. The number of nitrogens with one attached hydrogen (secondary N) is 1. The predicted octanol–water partition coefficient (Wildman–Crippen LogP) is 6.55. The van der Waals surface area contributed by atoms with Crippen LogP contribution in [0.3, 0.4) is 0 Å². The monoisotopic (exact) mass is 842 g/mol. The van der Waals surface area contributed by atoms with Gasteiger partial charge in [-0.05, 0) is 106 Å². The molecule has 0 aliphatic carbocycles. The SMILES string of the molecule is Cc1cc(-n2nc3c(c2-n2ccn(-c4ccc5c(cnn5C)c4F)c2=O)[C@H](C)N(C(=O)c2cn4cc([C@@H]5CCOC(C)(C)C5)ccc4c2Cc2noc(=O)[nH]2)CC3)cc(C)c1F. The molecule has 2 aliphatic rings. The lowest BCUT2D eigenvalue weighted by atomic mass is 9.84. The van der Waals surface area contributed by atoms with E-state index in [1.807, 2.05) is 23.6 Å². The van der Waals surface area contributed by atoms with Gasteiger partial charge in [-0.25, -0.2) is 23.1 Å². The molecule has 0 spiro atoms. The van der Waals surface area contributed by atoms with Gasteiger partial charge in [-0.1, -0.05) is 11.2 Å². The lowest BCUT2D eigenvalue weighted by Crippen LogP contribution is -2.39. The number of ether oxygens (including phenoxy) is 1. The smallest absolute Gasteiger partial charge is 0.376 e. The number of hydrogen-bond donors (Lipinski definition) is 1. The molecule has 0 unspecified atom stereocenters. The van der Waals surface area contributed by atoms with Crippen molar-refractivity contribution in [1.82, 2.24) is 48.1 Å². The van der Waals surface area contributed by atoms with E-state index in [0.717, 1.165) is 23.9 Å². The van der Waals surface area contributed by atoms with E-state index >= 15 is 13.6 Å². The second kappa shape index (κ2) is 14.4. The first-order valence-electron chi connectivity index (χ1n) is 20.6. The fraction of sp³-hybridized carbons (Fsp3) is 0.333. The Bertz CT molecular complexity index is 3210. The van der Waals surface area contributed by atoms with Crippen LogP contribution in [0.25, 0.3) is 33.6 Å². The maximum atomic E-state index is 16.1. The van der Waals surface area contributed by atoms with E-state index in [4.69, 9.17) is 14.4 Å². The minimum atomic E-state index is -0.696. The number of pyridine rings is 1. The van der Waals surface area contributed by atoms with Crippen molar-refractivity contribution in [1.29, 1.82) is 0 Å². The van der Waals surface area contributed by atoms with Crippen molar-refractivity contribution in [3.05, 3.63) is 145 Å². The standard InChI is InChI=1S/C45H44F2N10O5/c1-24-17-29(18-25(2)39(24)46)57-41(56-15-14-55(44(56)60)36-10-9-34-31(40(36)47)21-48-52(34)6)38-26(3)54(13-11-33(38)50-57)42(58)32-23-53-22-28(27-12-16-61-45(4,5)20-27)7-8-35(53)30(32)19-37-49-43(59)62-51-37/h7-10,14-15,17-18,21-23,26-27H,11-13,16,19-20H2,1-6H3,(H,49,51,59)/t26-,27+/m0/s1. The van der Waals surface area contributed by atoms with Gasteiger partial charge in [0.2, 0.25) is 0 Å². The molecule has 1 fully saturated rings. The lowest BCUT2D eigenvalue weighted by molar-refractivity contribution is -0.0593. The number of carbonyl (C=O) groups is 1. The van der Waals surface area contributed by atoms with Crippen LogP contribution < -0.4 is 11.4 Å². The molecule has 10 rings (SSSR count). The molecule has 0 saturated carbocycles. The van der Waals surface area contributed by atoms with Gasteiger partial charge in [-0.2, -0.15) is 10.2 Å². The zero-order valence-electron chi connectivity index (χ0n) is 35.1. The Kier molecular flexibility index (Phi) is 9.10. The first-order valence-corrected chi connectivity index (χ1v) is 20.6. The highest BCUT2D eigenvalue weighted by molar-refractivity contribution is 5.98. The highest BCUT2D eigenvalue weighted by Gasteiger charge is 2.37. The van der Waals surface area contributed by atoms with Crippen LogP contribution in [0.4, 0.5) is 8.78 Å². The van der Waals surface area contributed by atoms with Crippen molar-refractivity contribution >= 4 is 22.3 Å². The Morgan fingerprint density at radius 1 is 1.00 bits per heavy atom. The van der Waals surface area contributed by atoms with Crippen LogP contribution in [0.1, 0.15) is 95.3 Å². The first kappa shape index (κ1) is 39.3. The number of H-pyrrole nitrogens is 1. The third-order valence-corrected chi connectivity index (χ3v) is 12.6. The second-order valence-corrected chi connectivity index (χ2v) is 17.1. The predicted molar refractivity (Wildman–Crippen MR) is 225 cm³/mol. The zero-order chi connectivity index (χ0) is 43.4. The average molecular weight is 843 g/mol. The molecule has 62 heavy (non-hydrogen) atoms. The lowest BCUT2D eigenvalue weighted by Gasteiger charge is -2.35. The van der Waals surface area contributed by atoms with Gasteiger partial charge in [0.25, 0.3) is 5.91 Å². The minimum absolute atomic E-state index is 0.0398. The summed E-state index contributed by atoms with van der Waals surface area (Å²) < 4.78 is 49.7. The summed E-state index contributed by atoms with van der Waals surface area (Å²) in [5.74, 6) is -1.04. The number of benzene rings is 2. The maximum Gasteiger partial charge on any atom is 0.438 e. The van der Waals surface area contributed by atoms with Crippen LogP contribution in [-0.4, -0.2) is 72.8 Å². The van der Waals surface area contributed by atoms with E-state index in [-0.39, 0.29) is 46.6 Å². The molecule has 1 N–H and O–H groups in total. The third kappa shape index (κ3) is 6.32. The highest BCUT2D eigenvalue weighted by atomic mass is 19.1. The number of carbonyl (C=O) groups excluding carboxylic acids is 1. The molecule has 0 bridgehead atoms. The van der Waals surface area contributed by atoms with E-state index in [0.29, 0.717) is 70.1 Å². The van der Waals surface area contributed by atoms with Crippen LogP contribution in [-0.2, 0) is 24.6 Å². The van der Waals surface area contributed by atoms with Gasteiger partial charge in [-0.15, -0.1) is 0 Å². The summed E-state index contributed by atoms with van der Waals surface area (Å²) in [7, 11) is 1.71. The highest BCUT2D eigenvalue weighted by Crippen LogP contribution is 2.39. The van der Waals surface area contributed by atoms with Gasteiger partial charge >= 0.3 is 11.4 Å². The van der Waals surface area contributed by atoms with Crippen molar-refractivity contribution < 1.29 is 22.8 Å². The fourth-order valence-corrected chi connectivity index (χ4v) is 9.52. The Balaban J connectivity index is 1.09. The van der Waals surface area contributed by atoms with Crippen molar-refractivity contribution in [2.24, 2.45) is 7.05 Å². The number of nitrogens with zero attached hydrogens (tertiary/aromatic N) is 9. The molecule has 2 atom stereocenters. The number of aromatic amines is 1. The molecule has 318 valence electrons. The molecular formula is C45H44F2N10O5. The van der Waals surface area contributed by atoms with Crippen molar-refractivity contribution in [3.63, 3.8) is 0 Å². The van der Waals surface area contributed by atoms with Crippen LogP contribution in [0.5, 0.6) is 0 Å². The van der Waals surface area contributed by atoms with Gasteiger partial charge in [0.15, 0.2) is 11.6 Å². The topological polar surface area (TPSA) is 155 Å². The Hall–Kier alpha value is -6.88. The van der Waals surface area contributed by atoms with Gasteiger partial charge in [0.05, 0.1) is 51.4 Å². The normalized spacial score (nSPS) is 17.6. The van der Waals surface area contributed by atoms with Gasteiger partial charge < -0.3 is 14.0 Å². The quantitative estimate of drug-likeness (QED) is 0.190. The summed E-state index contributed by atoms with van der Waals surface area (Å²) in [5, 5.41) is 13.4. The Morgan fingerprint density at radius 3 is 2.50 bits per heavy atom. The molecule has 1 saturated heterocycles. The molecule has 8 heterocycles. The number of amides is 1. The van der Waals surface area contributed by atoms with Crippen LogP contribution in [0, 0.1) is 25.5 Å². The summed E-state index contributed by atoms with van der Waals surface area (Å²) in [4.78, 5) is 46.1. The molecule has 8 aromatic rings. The van der Waals surface area contributed by atoms with Crippen LogP contribution >= 0.6 is 0 Å². The number of halogens is 2. The number of aryl methyl sites for hydroxylation is 3. The first-order chi connectivity index (χ1) is 29.7. The van der Waals surface area contributed by atoms with Crippen LogP contribution in [0.2, 0.25) is 0 Å². The Labute approximate surface area is 352 Å². The van der Waals surface area contributed by atoms with Crippen molar-refractivity contribution in [2.75, 3.05) is 13.2 Å². The van der Waals surface area contributed by atoms with E-state index in [2.05, 4.69) is 41.4 Å². The minimum Gasteiger partial charge on any atom is -0.376 e. The number of fused-ring (bicyclic) bond motifs is 3. The van der Waals surface area contributed by atoms with Gasteiger partial charge in [0.1, 0.15) is 11.6 Å². The molecule has 1 amide bonds. The number of rotatable bonds is 7. The summed E-state index contributed by atoms with van der Waals surface area (Å²) in [6.07, 6.45) is 10.5. The van der Waals surface area contributed by atoms with Crippen LogP contribution in [0.15, 0.2) is 81.5 Å². The van der Waals surface area contributed by atoms with Crippen molar-refractivity contribution in [3.8, 4) is 17.2 Å². The molecule has 15 nitrogen and oxygen atoms in total. The third-order valence-electron chi connectivity index (χ3n) is 12.6. The number of hydrogen-bond acceptors (Lipinski definition) is 8. The fourth-order valence-electron chi connectivity index (χ4n) is 9.52. The molecule has 2 aromatic carbocycles. The summed E-state index contributed by atoms with van der Waals surface area (Å²) in [6, 6.07) is 10.0. The molecule has 17 heteroatoms. The number of aromatic nitrogens is 9. The van der Waals surface area contributed by atoms with E-state index in [1.54, 1.807) is 59.6 Å². The molecule has 6 aromatic heterocycles. The van der Waals surface area contributed by atoms with Crippen molar-refractivity contribution in [2.45, 2.75) is 77.9 Å². The van der Waals surface area contributed by atoms with Gasteiger partial charge in [-0.3, -0.25) is 28.1 Å². The molecule has 2 aliphatic heterocycles. The number of imidazole rings is 1. The average Bonchev–Trinajstić information content (AvgIpc) is 4.08. The Morgan fingerprint density at radius 2 is 1.76 bits per heavy atom. The van der Waals surface area contributed by atoms with E-state index in [9.17, 15) is 9.59 Å². The van der Waals surface area contributed by atoms with E-state index in [1.165, 1.54) is 27.6 Å². The maximum absolute atomic E-state index is 16.1. The summed E-state index contributed by atoms with van der Waals surface area (Å²) in [5.41, 5.74) is 5.33. The van der Waals surface area contributed by atoms with Gasteiger partial charge in [0, 0.05) is 68.9 Å². The second-order valence-electron chi connectivity index (χ2n) is 17.1. The summed E-state index contributed by atoms with van der Waals surface area (Å²) in [6.45, 7) is 10.4. The molecular weight excluding hydrogens is 799 g/mol. The summed E-state index contributed by atoms with van der Waals surface area (Å²) >= 11 is 0. The largest absolute Gasteiger partial charge is 0.438 e. The van der Waals surface area contributed by atoms with E-state index < -0.39 is 23.3 Å². The molecule has 0 radical (unpaired) electrons.